The van der Waals surface area contributed by atoms with Crippen molar-refractivity contribution < 1.29 is 0 Å². The lowest BCUT2D eigenvalue weighted by atomic mass is 10.2. The third-order valence-electron chi connectivity index (χ3n) is 4.83. The molecule has 0 aliphatic carbocycles. The minimum absolute atomic E-state index is 0.964. The average Bonchev–Trinajstić information content (AvgIpc) is 3.11. The molecule has 4 rings (SSSR count). The van der Waals surface area contributed by atoms with Gasteiger partial charge in [0.2, 0.25) is 0 Å². The van der Waals surface area contributed by atoms with Crippen LogP contribution in [0.5, 0.6) is 0 Å². The van der Waals surface area contributed by atoms with Crippen LogP contribution < -0.4 is 4.90 Å². The predicted molar refractivity (Wildman–Crippen MR) is 102 cm³/mol. The standard InChI is InChI=1S/C21H24N4/c1-18-7-5-11-21(22-18)25-12-6-10-20(25)17-23-13-15-24(16-14-23)19-8-3-2-4-9-19/h2-12H,13-17H2,1H3. The topological polar surface area (TPSA) is 24.3 Å². The molecule has 0 amide bonds. The Morgan fingerprint density at radius 3 is 2.40 bits per heavy atom. The lowest BCUT2D eigenvalue weighted by Crippen LogP contribution is -2.46. The average molecular weight is 332 g/mol. The van der Waals surface area contributed by atoms with Gasteiger partial charge < -0.3 is 9.47 Å². The second-order valence-corrected chi connectivity index (χ2v) is 6.61. The fourth-order valence-electron chi connectivity index (χ4n) is 3.46. The first-order valence-electron chi connectivity index (χ1n) is 8.92. The first-order chi connectivity index (χ1) is 12.3. The molecule has 0 radical (unpaired) electrons. The summed E-state index contributed by atoms with van der Waals surface area (Å²) in [5, 5.41) is 0. The number of hydrogen-bond donors (Lipinski definition) is 0. The maximum Gasteiger partial charge on any atom is 0.137 e. The van der Waals surface area contributed by atoms with Crippen molar-refractivity contribution in [3.63, 3.8) is 0 Å². The molecule has 3 heterocycles. The van der Waals surface area contributed by atoms with E-state index >= 15 is 0 Å². The molecule has 0 spiro atoms. The quantitative estimate of drug-likeness (QED) is 0.731. The van der Waals surface area contributed by atoms with Gasteiger partial charge in [0.15, 0.2) is 0 Å². The van der Waals surface area contributed by atoms with Gasteiger partial charge in [0.25, 0.3) is 0 Å². The lowest BCUT2D eigenvalue weighted by molar-refractivity contribution is 0.246. The lowest BCUT2D eigenvalue weighted by Gasteiger charge is -2.36. The van der Waals surface area contributed by atoms with E-state index in [4.69, 9.17) is 0 Å². The maximum atomic E-state index is 4.66. The first-order valence-corrected chi connectivity index (χ1v) is 8.92. The first kappa shape index (κ1) is 15.9. The SMILES string of the molecule is Cc1cccc(-n2cccc2CN2CCN(c3ccccc3)CC2)n1. The van der Waals surface area contributed by atoms with E-state index in [0.29, 0.717) is 0 Å². The molecule has 3 aromatic rings. The van der Waals surface area contributed by atoms with Crippen molar-refractivity contribution in [2.45, 2.75) is 13.5 Å². The zero-order valence-electron chi connectivity index (χ0n) is 14.7. The van der Waals surface area contributed by atoms with Crippen molar-refractivity contribution in [1.82, 2.24) is 14.5 Å². The molecule has 1 fully saturated rings. The van der Waals surface area contributed by atoms with E-state index < -0.39 is 0 Å². The molecule has 1 aliphatic heterocycles. The summed E-state index contributed by atoms with van der Waals surface area (Å²) in [6.45, 7) is 7.32. The minimum Gasteiger partial charge on any atom is -0.369 e. The molecule has 25 heavy (non-hydrogen) atoms. The van der Waals surface area contributed by atoms with Crippen LogP contribution in [0.1, 0.15) is 11.4 Å². The molecule has 0 saturated carbocycles. The largest absolute Gasteiger partial charge is 0.369 e. The number of para-hydroxylation sites is 1. The summed E-state index contributed by atoms with van der Waals surface area (Å²) in [6.07, 6.45) is 2.11. The van der Waals surface area contributed by atoms with Crippen molar-refractivity contribution in [2.75, 3.05) is 31.1 Å². The second-order valence-electron chi connectivity index (χ2n) is 6.61. The molecule has 0 unspecified atom stereocenters. The highest BCUT2D eigenvalue weighted by atomic mass is 15.3. The number of aromatic nitrogens is 2. The summed E-state index contributed by atoms with van der Waals surface area (Å²) in [5.74, 6) is 1.00. The van der Waals surface area contributed by atoms with Crippen LogP contribution in [0.15, 0.2) is 66.9 Å². The number of anilines is 1. The Bertz CT molecular complexity index is 817. The number of hydrogen-bond acceptors (Lipinski definition) is 3. The van der Waals surface area contributed by atoms with Crippen molar-refractivity contribution in [3.8, 4) is 5.82 Å². The molecule has 4 heteroatoms. The molecule has 0 atom stereocenters. The van der Waals surface area contributed by atoms with Crippen molar-refractivity contribution in [1.29, 1.82) is 0 Å². The van der Waals surface area contributed by atoms with E-state index in [9.17, 15) is 0 Å². The number of benzene rings is 1. The zero-order valence-corrected chi connectivity index (χ0v) is 14.7. The molecule has 0 N–H and O–H groups in total. The van der Waals surface area contributed by atoms with E-state index in [1.807, 2.05) is 13.0 Å². The van der Waals surface area contributed by atoms with Crippen LogP contribution in [-0.4, -0.2) is 40.6 Å². The Hall–Kier alpha value is -2.59. The molecule has 0 bridgehead atoms. The Labute approximate surface area is 149 Å². The van der Waals surface area contributed by atoms with E-state index in [2.05, 4.69) is 80.1 Å². The maximum absolute atomic E-state index is 4.66. The zero-order chi connectivity index (χ0) is 17.1. The fourth-order valence-corrected chi connectivity index (χ4v) is 3.46. The summed E-state index contributed by atoms with van der Waals surface area (Å²) >= 11 is 0. The molecule has 1 saturated heterocycles. The number of nitrogens with zero attached hydrogens (tertiary/aromatic N) is 4. The highest BCUT2D eigenvalue weighted by Gasteiger charge is 2.18. The summed E-state index contributed by atoms with van der Waals surface area (Å²) in [6, 6.07) is 21.2. The normalized spacial score (nSPS) is 15.5. The van der Waals surface area contributed by atoms with Crippen molar-refractivity contribution >= 4 is 5.69 Å². The van der Waals surface area contributed by atoms with Gasteiger partial charge in [-0.25, -0.2) is 4.98 Å². The third-order valence-corrected chi connectivity index (χ3v) is 4.83. The van der Waals surface area contributed by atoms with Crippen LogP contribution >= 0.6 is 0 Å². The van der Waals surface area contributed by atoms with E-state index in [-0.39, 0.29) is 0 Å². The van der Waals surface area contributed by atoms with E-state index in [1.165, 1.54) is 11.4 Å². The predicted octanol–water partition coefficient (Wildman–Crippen LogP) is 3.50. The smallest absolute Gasteiger partial charge is 0.137 e. The van der Waals surface area contributed by atoms with Crippen LogP contribution in [0.25, 0.3) is 5.82 Å². The van der Waals surface area contributed by atoms with Crippen molar-refractivity contribution in [3.05, 3.63) is 78.2 Å². The Kier molecular flexibility index (Phi) is 4.53. The van der Waals surface area contributed by atoms with E-state index in [0.717, 1.165) is 44.2 Å². The highest BCUT2D eigenvalue weighted by Crippen LogP contribution is 2.18. The summed E-state index contributed by atoms with van der Waals surface area (Å²) in [5.41, 5.74) is 3.68. The molecule has 4 nitrogen and oxygen atoms in total. The third kappa shape index (κ3) is 3.59. The van der Waals surface area contributed by atoms with Gasteiger partial charge in [-0.05, 0) is 43.3 Å². The monoisotopic (exact) mass is 332 g/mol. The minimum atomic E-state index is 0.964. The summed E-state index contributed by atoms with van der Waals surface area (Å²) in [7, 11) is 0. The summed E-state index contributed by atoms with van der Waals surface area (Å²) in [4.78, 5) is 9.66. The molecule has 2 aromatic heterocycles. The molecule has 1 aliphatic rings. The number of rotatable bonds is 4. The summed E-state index contributed by atoms with van der Waals surface area (Å²) < 4.78 is 2.20. The molecular formula is C21H24N4. The van der Waals surface area contributed by atoms with Crippen LogP contribution in [0.4, 0.5) is 5.69 Å². The molecule has 1 aromatic carbocycles. The van der Waals surface area contributed by atoms with Crippen LogP contribution in [0.2, 0.25) is 0 Å². The Morgan fingerprint density at radius 2 is 1.64 bits per heavy atom. The number of aryl methyl sites for hydroxylation is 1. The van der Waals surface area contributed by atoms with Gasteiger partial charge in [-0.3, -0.25) is 4.90 Å². The van der Waals surface area contributed by atoms with E-state index in [1.54, 1.807) is 0 Å². The van der Waals surface area contributed by atoms with Gasteiger partial charge in [0.1, 0.15) is 5.82 Å². The van der Waals surface area contributed by atoms with Gasteiger partial charge in [-0.2, -0.15) is 0 Å². The number of piperazine rings is 1. The van der Waals surface area contributed by atoms with Crippen molar-refractivity contribution in [2.24, 2.45) is 0 Å². The van der Waals surface area contributed by atoms with Gasteiger partial charge >= 0.3 is 0 Å². The Morgan fingerprint density at radius 1 is 0.840 bits per heavy atom. The van der Waals surface area contributed by atoms with Crippen LogP contribution in [0.3, 0.4) is 0 Å². The molecular weight excluding hydrogens is 308 g/mol. The second kappa shape index (κ2) is 7.11. The van der Waals surface area contributed by atoms with Gasteiger partial charge in [0.05, 0.1) is 0 Å². The fraction of sp³-hybridized carbons (Fsp3) is 0.286. The van der Waals surface area contributed by atoms with Gasteiger partial charge in [-0.1, -0.05) is 24.3 Å². The van der Waals surface area contributed by atoms with Crippen LogP contribution in [0, 0.1) is 6.92 Å². The molecule has 128 valence electrons. The highest BCUT2D eigenvalue weighted by molar-refractivity contribution is 5.46. The number of pyridine rings is 1. The van der Waals surface area contributed by atoms with Crippen LogP contribution in [-0.2, 0) is 6.54 Å². The van der Waals surface area contributed by atoms with Gasteiger partial charge in [-0.15, -0.1) is 0 Å². The Balaban J connectivity index is 1.42. The van der Waals surface area contributed by atoms with Gasteiger partial charge in [0, 0.05) is 56.0 Å².